The first-order chi connectivity index (χ1) is 15.5. The summed E-state index contributed by atoms with van der Waals surface area (Å²) >= 11 is 1.39. The van der Waals surface area contributed by atoms with Crippen molar-refractivity contribution in [1.29, 1.82) is 16.2 Å². The number of nitrogens with one attached hydrogen (secondary N) is 3. The molecule has 0 bridgehead atoms. The topological polar surface area (TPSA) is 152 Å². The highest BCUT2D eigenvalue weighted by Gasteiger charge is 2.41. The number of nitrogens with two attached hydrogens (primary N) is 1. The van der Waals surface area contributed by atoms with Gasteiger partial charge in [0, 0.05) is 37.0 Å². The van der Waals surface area contributed by atoms with Gasteiger partial charge in [0.1, 0.15) is 22.4 Å². The maximum Gasteiger partial charge on any atom is 0.165 e. The van der Waals surface area contributed by atoms with Crippen molar-refractivity contribution in [2.45, 2.75) is 45.2 Å². The van der Waals surface area contributed by atoms with Crippen molar-refractivity contribution in [3.63, 3.8) is 0 Å². The van der Waals surface area contributed by atoms with E-state index in [-0.39, 0.29) is 17.9 Å². The van der Waals surface area contributed by atoms with Gasteiger partial charge < -0.3 is 20.8 Å². The Kier molecular flexibility index (Phi) is 6.28. The number of thiazole rings is 1. The third-order valence-electron chi connectivity index (χ3n) is 5.77. The molecule has 2 aliphatic rings. The van der Waals surface area contributed by atoms with Crippen LogP contribution in [0.1, 0.15) is 43.9 Å². The van der Waals surface area contributed by atoms with Crippen LogP contribution in [0.3, 0.4) is 0 Å². The lowest BCUT2D eigenvalue weighted by atomic mass is 9.99. The zero-order valence-electron chi connectivity index (χ0n) is 18.1. The minimum absolute atomic E-state index is 0.160. The quantitative estimate of drug-likeness (QED) is 0.401. The number of hydrogen-bond acceptors (Lipinski definition) is 10. The summed E-state index contributed by atoms with van der Waals surface area (Å²) in [4.78, 5) is 17.4. The van der Waals surface area contributed by atoms with E-state index < -0.39 is 0 Å². The lowest BCUT2D eigenvalue weighted by Gasteiger charge is -2.47. The number of nitrogens with zero attached hydrogens (tertiary/aromatic N) is 5. The number of hydrogen-bond donors (Lipinski definition) is 4. The van der Waals surface area contributed by atoms with Gasteiger partial charge in [0.25, 0.3) is 0 Å². The molecule has 4 heterocycles. The number of fused-ring (bicyclic) bond motifs is 1. The maximum absolute atomic E-state index is 8.83. The van der Waals surface area contributed by atoms with Gasteiger partial charge >= 0.3 is 0 Å². The molecule has 0 radical (unpaired) electrons. The Labute approximate surface area is 190 Å². The number of rotatable bonds is 5. The number of aromatic nitrogens is 3. The van der Waals surface area contributed by atoms with E-state index in [0.29, 0.717) is 59.1 Å². The zero-order chi connectivity index (χ0) is 22.8. The van der Waals surface area contributed by atoms with Crippen molar-refractivity contribution in [3.05, 3.63) is 28.6 Å². The van der Waals surface area contributed by atoms with Crippen LogP contribution in [-0.4, -0.2) is 58.1 Å². The van der Waals surface area contributed by atoms with Crippen LogP contribution in [0.25, 0.3) is 11.3 Å². The molecule has 1 fully saturated rings. The van der Waals surface area contributed by atoms with Crippen molar-refractivity contribution >= 4 is 52.0 Å². The summed E-state index contributed by atoms with van der Waals surface area (Å²) in [5.74, 6) is 1.57. The lowest BCUT2D eigenvalue weighted by Crippen LogP contribution is -2.58. The molecule has 1 atom stereocenters. The van der Waals surface area contributed by atoms with E-state index in [0.717, 1.165) is 19.1 Å². The van der Waals surface area contributed by atoms with E-state index in [4.69, 9.17) is 31.7 Å². The molecular weight excluding hydrogens is 426 g/mol. The molecule has 2 aromatic rings. The van der Waals surface area contributed by atoms with E-state index in [1.54, 1.807) is 24.2 Å². The fourth-order valence-electron chi connectivity index (χ4n) is 4.28. The van der Waals surface area contributed by atoms with Crippen molar-refractivity contribution in [2.75, 3.05) is 23.0 Å². The van der Waals surface area contributed by atoms with Crippen LogP contribution in [0.15, 0.2) is 17.8 Å². The van der Waals surface area contributed by atoms with Gasteiger partial charge in [-0.2, -0.15) is 0 Å². The van der Waals surface area contributed by atoms with Crippen LogP contribution in [0.4, 0.5) is 11.5 Å². The molecule has 5 N–H and O–H groups in total. The summed E-state index contributed by atoms with van der Waals surface area (Å²) in [5, 5.41) is 27.5. The standard InChI is InChI=1S/C21H27N9OS/c1-3-15-18(25)29(12(2)23)16-11-27-19(14(10-22)17(24)21-26-6-9-32-21)28-20(16)30(15)13-4-7-31-8-5-13/h6,9-11,13,15,22-23,25H,3-5,7-8,24H2,1-2H3/b17-14+,22-10?,23-12?,25-18?/t15-/m1/s1. The second kappa shape index (κ2) is 9.13. The van der Waals surface area contributed by atoms with Crippen LogP contribution in [0.5, 0.6) is 0 Å². The van der Waals surface area contributed by atoms with Gasteiger partial charge in [-0.3, -0.25) is 15.7 Å². The molecule has 2 aromatic heterocycles. The predicted molar refractivity (Wildman–Crippen MR) is 128 cm³/mol. The van der Waals surface area contributed by atoms with Crippen molar-refractivity contribution in [2.24, 2.45) is 5.73 Å². The number of anilines is 2. The molecule has 11 heteroatoms. The minimum Gasteiger partial charge on any atom is -0.396 e. The van der Waals surface area contributed by atoms with Gasteiger partial charge in [0.05, 0.1) is 23.5 Å². The first-order valence-corrected chi connectivity index (χ1v) is 11.4. The van der Waals surface area contributed by atoms with E-state index in [9.17, 15) is 0 Å². The van der Waals surface area contributed by atoms with Crippen LogP contribution in [0, 0.1) is 16.2 Å². The van der Waals surface area contributed by atoms with E-state index >= 15 is 0 Å². The average molecular weight is 454 g/mol. The summed E-state index contributed by atoms with van der Waals surface area (Å²) in [5.41, 5.74) is 7.66. The SMILES string of the molecule is CC[C@@H]1C(=N)N(C(C)=N)c2cnc(/C(C=N)=C(/N)c3nccs3)nc2N1C1CCOCC1. The summed E-state index contributed by atoms with van der Waals surface area (Å²) in [6.07, 6.45) is 6.81. The molecule has 168 valence electrons. The Bertz CT molecular complexity index is 1060. The number of allylic oxidation sites excluding steroid dienone is 1. The second-order valence-electron chi connectivity index (χ2n) is 7.69. The molecule has 2 aliphatic heterocycles. The van der Waals surface area contributed by atoms with Crippen LogP contribution < -0.4 is 15.5 Å². The highest BCUT2D eigenvalue weighted by molar-refractivity contribution is 7.10. The summed E-state index contributed by atoms with van der Waals surface area (Å²) in [6, 6.07) is -0.0650. The zero-order valence-corrected chi connectivity index (χ0v) is 18.9. The fourth-order valence-corrected chi connectivity index (χ4v) is 4.89. The molecule has 0 saturated carbocycles. The summed E-state index contributed by atoms with van der Waals surface area (Å²) in [7, 11) is 0. The Morgan fingerprint density at radius 1 is 1.34 bits per heavy atom. The highest BCUT2D eigenvalue weighted by atomic mass is 32.1. The van der Waals surface area contributed by atoms with Crippen LogP contribution >= 0.6 is 11.3 Å². The summed E-state index contributed by atoms with van der Waals surface area (Å²) in [6.45, 7) is 5.02. The van der Waals surface area contributed by atoms with Gasteiger partial charge in [0.2, 0.25) is 0 Å². The van der Waals surface area contributed by atoms with Gasteiger partial charge in [-0.1, -0.05) is 6.92 Å². The first kappa shape index (κ1) is 22.0. The molecule has 0 unspecified atom stereocenters. The van der Waals surface area contributed by atoms with E-state index in [1.165, 1.54) is 11.3 Å². The Hall–Kier alpha value is -3.18. The van der Waals surface area contributed by atoms with Crippen molar-refractivity contribution in [1.82, 2.24) is 15.0 Å². The van der Waals surface area contributed by atoms with E-state index in [1.807, 2.05) is 12.3 Å². The third kappa shape index (κ3) is 3.78. The smallest absolute Gasteiger partial charge is 0.165 e. The maximum atomic E-state index is 8.83. The van der Waals surface area contributed by atoms with Crippen LogP contribution in [-0.2, 0) is 4.74 Å². The predicted octanol–water partition coefficient (Wildman–Crippen LogP) is 2.97. The molecule has 0 aliphatic carbocycles. The average Bonchev–Trinajstić information content (AvgIpc) is 3.34. The summed E-state index contributed by atoms with van der Waals surface area (Å²) < 4.78 is 5.57. The van der Waals surface area contributed by atoms with Gasteiger partial charge in [-0.25, -0.2) is 15.0 Å². The van der Waals surface area contributed by atoms with Crippen LogP contribution in [0.2, 0.25) is 0 Å². The van der Waals surface area contributed by atoms with E-state index in [2.05, 4.69) is 14.9 Å². The van der Waals surface area contributed by atoms with Crippen molar-refractivity contribution < 1.29 is 4.74 Å². The normalized spacial score (nSPS) is 20.1. The number of amidine groups is 2. The van der Waals surface area contributed by atoms with Gasteiger partial charge in [0.15, 0.2) is 11.6 Å². The molecule has 4 rings (SSSR count). The monoisotopic (exact) mass is 453 g/mol. The molecule has 10 nitrogen and oxygen atoms in total. The largest absolute Gasteiger partial charge is 0.396 e. The number of ether oxygens (including phenoxy) is 1. The fraction of sp³-hybridized carbons (Fsp3) is 0.429. The molecule has 1 saturated heterocycles. The minimum atomic E-state index is -0.225. The molecule has 0 amide bonds. The second-order valence-corrected chi connectivity index (χ2v) is 8.59. The van der Waals surface area contributed by atoms with Gasteiger partial charge in [-0.15, -0.1) is 11.3 Å². The third-order valence-corrected chi connectivity index (χ3v) is 6.58. The Balaban J connectivity index is 1.89. The highest BCUT2D eigenvalue weighted by Crippen LogP contribution is 2.39. The first-order valence-electron chi connectivity index (χ1n) is 10.5. The molecule has 0 aromatic carbocycles. The molecular formula is C21H27N9OS. The van der Waals surface area contributed by atoms with Gasteiger partial charge in [-0.05, 0) is 26.2 Å². The molecule has 32 heavy (non-hydrogen) atoms. The Morgan fingerprint density at radius 3 is 2.69 bits per heavy atom. The lowest BCUT2D eigenvalue weighted by molar-refractivity contribution is 0.0833. The molecule has 0 spiro atoms. The Morgan fingerprint density at radius 2 is 2.09 bits per heavy atom. The van der Waals surface area contributed by atoms with Crippen molar-refractivity contribution in [3.8, 4) is 0 Å².